The van der Waals surface area contributed by atoms with E-state index in [1.165, 1.54) is 0 Å². The predicted molar refractivity (Wildman–Crippen MR) is 69.1 cm³/mol. The molecular weight excluding hydrogens is 221 g/mol. The quantitative estimate of drug-likeness (QED) is 0.809. The molecule has 1 unspecified atom stereocenters. The maximum Gasteiger partial charge on any atom is 0.218 e. The van der Waals surface area contributed by atoms with Crippen molar-refractivity contribution in [1.82, 2.24) is 0 Å². The van der Waals surface area contributed by atoms with Crippen LogP contribution in [0.4, 0.5) is 5.69 Å². The van der Waals surface area contributed by atoms with Gasteiger partial charge >= 0.3 is 0 Å². The van der Waals surface area contributed by atoms with Crippen LogP contribution in [-0.4, -0.2) is 19.0 Å². The molecule has 0 bridgehead atoms. The number of fused-ring (bicyclic) bond motifs is 1. The first-order valence-corrected chi connectivity index (χ1v) is 6.39. The molecule has 0 spiro atoms. The summed E-state index contributed by atoms with van der Waals surface area (Å²) < 4.78 is 11.3. The number of rotatable bonds is 2. The van der Waals surface area contributed by atoms with Crippen molar-refractivity contribution in [3.8, 4) is 0 Å². The molecule has 0 heterocycles. The SMILES string of the molecule is CN(C)c1cccc2c([PH](=O)O)cccc12. The Morgan fingerprint density at radius 2 is 1.69 bits per heavy atom. The Labute approximate surface area is 95.2 Å². The monoisotopic (exact) mass is 235 g/mol. The molecule has 0 aliphatic rings. The lowest BCUT2D eigenvalue weighted by Crippen LogP contribution is -2.10. The molecule has 1 atom stereocenters. The van der Waals surface area contributed by atoms with Gasteiger partial charge in [-0.2, -0.15) is 0 Å². The molecule has 4 heteroatoms. The van der Waals surface area contributed by atoms with Crippen molar-refractivity contribution in [2.45, 2.75) is 0 Å². The van der Waals surface area contributed by atoms with Crippen molar-refractivity contribution in [2.24, 2.45) is 0 Å². The van der Waals surface area contributed by atoms with Gasteiger partial charge in [-0.1, -0.05) is 24.3 Å². The van der Waals surface area contributed by atoms with Gasteiger partial charge in [-0.05, 0) is 17.5 Å². The van der Waals surface area contributed by atoms with E-state index in [0.29, 0.717) is 5.30 Å². The van der Waals surface area contributed by atoms with E-state index >= 15 is 0 Å². The molecule has 16 heavy (non-hydrogen) atoms. The van der Waals surface area contributed by atoms with E-state index in [1.54, 1.807) is 6.07 Å². The normalized spacial score (nSPS) is 12.7. The van der Waals surface area contributed by atoms with Crippen LogP contribution < -0.4 is 10.2 Å². The second kappa shape index (κ2) is 4.28. The first kappa shape index (κ1) is 11.2. The third-order valence-corrected chi connectivity index (χ3v) is 3.51. The summed E-state index contributed by atoms with van der Waals surface area (Å²) in [5.41, 5.74) is 1.06. The van der Waals surface area contributed by atoms with Gasteiger partial charge < -0.3 is 9.79 Å². The van der Waals surface area contributed by atoms with Crippen LogP contribution in [0.2, 0.25) is 0 Å². The molecule has 2 rings (SSSR count). The van der Waals surface area contributed by atoms with Crippen LogP contribution >= 0.6 is 8.03 Å². The molecule has 1 N–H and O–H groups in total. The summed E-state index contributed by atoms with van der Waals surface area (Å²) in [4.78, 5) is 11.3. The highest BCUT2D eigenvalue weighted by Crippen LogP contribution is 2.28. The van der Waals surface area contributed by atoms with Gasteiger partial charge in [0.2, 0.25) is 8.03 Å². The molecule has 84 valence electrons. The maximum atomic E-state index is 11.3. The minimum absolute atomic E-state index is 0.534. The fourth-order valence-corrected chi connectivity index (χ4v) is 2.56. The zero-order chi connectivity index (χ0) is 11.7. The lowest BCUT2D eigenvalue weighted by Gasteiger charge is -2.16. The van der Waals surface area contributed by atoms with Crippen molar-refractivity contribution in [3.05, 3.63) is 36.4 Å². The summed E-state index contributed by atoms with van der Waals surface area (Å²) in [5, 5.41) is 2.41. The van der Waals surface area contributed by atoms with Crippen LogP contribution in [0.15, 0.2) is 36.4 Å². The standard InChI is InChI=1S/C12H14NO2P/c1-13(2)11-7-3-6-10-9(11)5-4-8-12(10)16(14)15/h3-8,16H,1-2H3,(H,14,15). The van der Waals surface area contributed by atoms with E-state index in [2.05, 4.69) is 0 Å². The van der Waals surface area contributed by atoms with Gasteiger partial charge in [-0.3, -0.25) is 4.57 Å². The van der Waals surface area contributed by atoms with Crippen molar-refractivity contribution in [2.75, 3.05) is 19.0 Å². The van der Waals surface area contributed by atoms with Crippen LogP contribution in [0.25, 0.3) is 10.8 Å². The van der Waals surface area contributed by atoms with E-state index in [4.69, 9.17) is 0 Å². The first-order valence-electron chi connectivity index (χ1n) is 5.03. The number of anilines is 1. The third kappa shape index (κ3) is 1.84. The van der Waals surface area contributed by atoms with Crippen LogP contribution in [-0.2, 0) is 4.57 Å². The summed E-state index contributed by atoms with van der Waals surface area (Å²) in [7, 11) is 1.28. The Morgan fingerprint density at radius 1 is 1.06 bits per heavy atom. The second-order valence-electron chi connectivity index (χ2n) is 3.88. The number of nitrogens with zero attached hydrogens (tertiary/aromatic N) is 1. The molecule has 2 aromatic rings. The largest absolute Gasteiger partial charge is 0.377 e. The van der Waals surface area contributed by atoms with Crippen LogP contribution in [0.1, 0.15) is 0 Å². The minimum atomic E-state index is -2.65. The number of benzene rings is 2. The minimum Gasteiger partial charge on any atom is -0.377 e. The second-order valence-corrected chi connectivity index (χ2v) is 5.03. The molecule has 0 saturated carbocycles. The third-order valence-electron chi connectivity index (χ3n) is 2.61. The van der Waals surface area contributed by atoms with E-state index in [-0.39, 0.29) is 0 Å². The molecule has 0 aromatic heterocycles. The summed E-state index contributed by atoms with van der Waals surface area (Å²) in [5.74, 6) is 0. The lowest BCUT2D eigenvalue weighted by atomic mass is 10.1. The van der Waals surface area contributed by atoms with Gasteiger partial charge in [-0.25, -0.2) is 0 Å². The van der Waals surface area contributed by atoms with Crippen molar-refractivity contribution in [3.63, 3.8) is 0 Å². The first-order chi connectivity index (χ1) is 7.61. The Kier molecular flexibility index (Phi) is 2.99. The lowest BCUT2D eigenvalue weighted by molar-refractivity contribution is 0.513. The molecule has 0 aliphatic carbocycles. The zero-order valence-electron chi connectivity index (χ0n) is 9.27. The fourth-order valence-electron chi connectivity index (χ4n) is 1.87. The van der Waals surface area contributed by atoms with E-state index in [0.717, 1.165) is 16.5 Å². The Morgan fingerprint density at radius 3 is 2.31 bits per heavy atom. The summed E-state index contributed by atoms with van der Waals surface area (Å²) in [6.45, 7) is 0. The molecule has 0 fully saturated rings. The molecule has 0 radical (unpaired) electrons. The Bertz CT molecular complexity index is 552. The Hall–Kier alpha value is -1.31. The molecule has 0 saturated heterocycles. The van der Waals surface area contributed by atoms with E-state index in [9.17, 15) is 9.46 Å². The van der Waals surface area contributed by atoms with Crippen molar-refractivity contribution >= 4 is 29.8 Å². The highest BCUT2D eigenvalue weighted by molar-refractivity contribution is 7.48. The number of hydrogen-bond donors (Lipinski definition) is 1. The van der Waals surface area contributed by atoms with Crippen LogP contribution in [0.3, 0.4) is 0 Å². The smallest absolute Gasteiger partial charge is 0.218 e. The number of hydrogen-bond acceptors (Lipinski definition) is 2. The fraction of sp³-hybridized carbons (Fsp3) is 0.167. The van der Waals surface area contributed by atoms with Gasteiger partial charge in [0.05, 0.1) is 0 Å². The predicted octanol–water partition coefficient (Wildman–Crippen LogP) is 2.00. The molecule has 0 amide bonds. The van der Waals surface area contributed by atoms with Crippen molar-refractivity contribution < 1.29 is 9.46 Å². The average molecular weight is 235 g/mol. The van der Waals surface area contributed by atoms with Crippen LogP contribution in [0.5, 0.6) is 0 Å². The van der Waals surface area contributed by atoms with Gasteiger partial charge in [0, 0.05) is 30.5 Å². The molecule has 0 aliphatic heterocycles. The molecular formula is C12H14NO2P. The van der Waals surface area contributed by atoms with Gasteiger partial charge in [-0.15, -0.1) is 0 Å². The highest BCUT2D eigenvalue weighted by atomic mass is 31.1. The van der Waals surface area contributed by atoms with E-state index in [1.807, 2.05) is 49.3 Å². The topological polar surface area (TPSA) is 40.5 Å². The van der Waals surface area contributed by atoms with Gasteiger partial charge in [0.1, 0.15) is 0 Å². The zero-order valence-corrected chi connectivity index (χ0v) is 10.3. The summed E-state index contributed by atoms with van der Waals surface area (Å²) in [6, 6.07) is 11.3. The summed E-state index contributed by atoms with van der Waals surface area (Å²) in [6.07, 6.45) is 0. The average Bonchev–Trinajstić information content (AvgIpc) is 2.27. The summed E-state index contributed by atoms with van der Waals surface area (Å²) >= 11 is 0. The van der Waals surface area contributed by atoms with Crippen LogP contribution in [0, 0.1) is 0 Å². The maximum absolute atomic E-state index is 11.3. The molecule has 3 nitrogen and oxygen atoms in total. The van der Waals surface area contributed by atoms with E-state index < -0.39 is 8.03 Å². The van der Waals surface area contributed by atoms with Gasteiger partial charge in [0.25, 0.3) is 0 Å². The highest BCUT2D eigenvalue weighted by Gasteiger charge is 2.08. The van der Waals surface area contributed by atoms with Crippen molar-refractivity contribution in [1.29, 1.82) is 0 Å². The molecule has 2 aromatic carbocycles. The van der Waals surface area contributed by atoms with Gasteiger partial charge in [0.15, 0.2) is 0 Å². The Balaban J connectivity index is 2.81.